The number of halogens is 1. The first-order chi connectivity index (χ1) is 15.5. The highest BCUT2D eigenvalue weighted by Gasteiger charge is 2.18. The first-order valence-electron chi connectivity index (χ1n) is 10.6. The zero-order valence-corrected chi connectivity index (χ0v) is 19.7. The number of rotatable bonds is 9. The summed E-state index contributed by atoms with van der Waals surface area (Å²) in [6.07, 6.45) is 3.21. The van der Waals surface area contributed by atoms with Crippen LogP contribution in [0.3, 0.4) is 0 Å². The van der Waals surface area contributed by atoms with Gasteiger partial charge in [-0.05, 0) is 71.7 Å². The molecule has 4 rings (SSSR count). The van der Waals surface area contributed by atoms with Gasteiger partial charge in [0, 0.05) is 24.6 Å². The number of ether oxygens (including phenoxy) is 1. The molecule has 0 bridgehead atoms. The van der Waals surface area contributed by atoms with E-state index in [4.69, 9.17) is 9.15 Å². The fraction of sp³-hybridized carbons (Fsp3) is 0.231. The van der Waals surface area contributed by atoms with E-state index in [2.05, 4.69) is 20.9 Å². The quantitative estimate of drug-likeness (QED) is 0.278. The number of benzene rings is 2. The Kier molecular flexibility index (Phi) is 6.90. The number of hydrogen-bond donors (Lipinski definition) is 0. The highest BCUT2D eigenvalue weighted by atomic mass is 79.9. The van der Waals surface area contributed by atoms with E-state index in [1.165, 1.54) is 0 Å². The molecule has 0 aliphatic heterocycles. The van der Waals surface area contributed by atoms with Crippen molar-refractivity contribution in [1.82, 2.24) is 9.55 Å². The number of aryl methyl sites for hydroxylation is 1. The molecule has 2 aromatic carbocycles. The number of oxazole rings is 1. The lowest BCUT2D eigenvalue weighted by Crippen LogP contribution is -2.19. The minimum Gasteiger partial charge on any atom is -0.493 e. The molecule has 0 saturated carbocycles. The fourth-order valence-electron chi connectivity index (χ4n) is 3.64. The van der Waals surface area contributed by atoms with Crippen LogP contribution in [0, 0.1) is 6.92 Å². The summed E-state index contributed by atoms with van der Waals surface area (Å²) < 4.78 is 14.6. The van der Waals surface area contributed by atoms with Crippen LogP contribution in [-0.2, 0) is 17.6 Å². The number of carbonyl (C=O) groups is 1. The Labute approximate surface area is 196 Å². The van der Waals surface area contributed by atoms with Gasteiger partial charge in [-0.15, -0.1) is 0 Å². The third kappa shape index (κ3) is 5.19. The van der Waals surface area contributed by atoms with Gasteiger partial charge in [0.2, 0.25) is 5.89 Å². The molecule has 0 aliphatic carbocycles. The molecule has 0 radical (unpaired) electrons. The van der Waals surface area contributed by atoms with Crippen molar-refractivity contribution in [2.24, 2.45) is 0 Å². The Morgan fingerprint density at radius 1 is 1.09 bits per heavy atom. The monoisotopic (exact) mass is 492 g/mol. The Morgan fingerprint density at radius 2 is 1.84 bits per heavy atom. The van der Waals surface area contributed by atoms with E-state index < -0.39 is 0 Å². The van der Waals surface area contributed by atoms with Crippen LogP contribution in [0.2, 0.25) is 0 Å². The molecule has 0 N–H and O–H groups in total. The van der Waals surface area contributed by atoms with Crippen LogP contribution in [0.25, 0.3) is 11.5 Å². The minimum atomic E-state index is -0.236. The summed E-state index contributed by atoms with van der Waals surface area (Å²) in [4.78, 5) is 16.8. The molecule has 2 aromatic heterocycles. The summed E-state index contributed by atoms with van der Waals surface area (Å²) in [6, 6.07) is 21.4. The predicted octanol–water partition coefficient (Wildman–Crippen LogP) is 6.21. The SMILES string of the molecule is CC(=O)[C@H](Cc1ccc(OCCc2nc(-c3ccccc3)oc2C)cc1)n1cccc1Br. The normalized spacial score (nSPS) is 12.0. The summed E-state index contributed by atoms with van der Waals surface area (Å²) in [5.74, 6) is 2.37. The molecule has 0 unspecified atom stereocenters. The first-order valence-corrected chi connectivity index (χ1v) is 11.4. The summed E-state index contributed by atoms with van der Waals surface area (Å²) in [6.45, 7) is 4.06. The molecule has 6 heteroatoms. The molecule has 0 fully saturated rings. The third-order valence-electron chi connectivity index (χ3n) is 5.41. The van der Waals surface area contributed by atoms with Gasteiger partial charge < -0.3 is 13.7 Å². The third-order valence-corrected chi connectivity index (χ3v) is 6.08. The number of Topliss-reactive ketones (excluding diaryl/α,β-unsaturated/α-hetero) is 1. The Balaban J connectivity index is 1.34. The molecule has 0 saturated heterocycles. The maximum atomic E-state index is 12.2. The van der Waals surface area contributed by atoms with E-state index >= 15 is 0 Å². The number of aromatic nitrogens is 2. The first kappa shape index (κ1) is 22.1. The molecular formula is C26H25BrN2O3. The lowest BCUT2D eigenvalue weighted by atomic mass is 10.0. The van der Waals surface area contributed by atoms with Gasteiger partial charge in [-0.3, -0.25) is 4.79 Å². The molecule has 4 aromatic rings. The largest absolute Gasteiger partial charge is 0.493 e. The Hall–Kier alpha value is -3.12. The molecule has 1 atom stereocenters. The van der Waals surface area contributed by atoms with Crippen LogP contribution in [0.5, 0.6) is 5.75 Å². The Bertz CT molecular complexity index is 1180. The van der Waals surface area contributed by atoms with Crippen molar-refractivity contribution in [2.45, 2.75) is 32.7 Å². The minimum absolute atomic E-state index is 0.125. The van der Waals surface area contributed by atoms with Gasteiger partial charge in [0.15, 0.2) is 5.78 Å². The standard InChI is InChI=1S/C26H25BrN2O3/c1-18(30)24(29-15-6-9-25(29)27)17-20-10-12-22(13-11-20)31-16-14-23-19(2)32-26(28-23)21-7-4-3-5-8-21/h3-13,15,24H,14,16-17H2,1-2H3/t24-/m0/s1. The number of hydrogen-bond acceptors (Lipinski definition) is 4. The molecule has 2 heterocycles. The molecule has 5 nitrogen and oxygen atoms in total. The fourth-order valence-corrected chi connectivity index (χ4v) is 4.16. The second-order valence-corrected chi connectivity index (χ2v) is 8.51. The molecular weight excluding hydrogens is 468 g/mol. The van der Waals surface area contributed by atoms with E-state index in [1.807, 2.05) is 84.4 Å². The van der Waals surface area contributed by atoms with Crippen molar-refractivity contribution in [3.05, 3.63) is 94.5 Å². The number of ketones is 1. The van der Waals surface area contributed by atoms with Crippen LogP contribution >= 0.6 is 15.9 Å². The highest BCUT2D eigenvalue weighted by Crippen LogP contribution is 2.24. The van der Waals surface area contributed by atoms with Crippen LogP contribution in [0.1, 0.15) is 30.0 Å². The number of carbonyl (C=O) groups excluding carboxylic acids is 1. The van der Waals surface area contributed by atoms with Gasteiger partial charge in [0.25, 0.3) is 0 Å². The predicted molar refractivity (Wildman–Crippen MR) is 128 cm³/mol. The topological polar surface area (TPSA) is 57.3 Å². The summed E-state index contributed by atoms with van der Waals surface area (Å²) in [7, 11) is 0. The summed E-state index contributed by atoms with van der Waals surface area (Å²) in [5, 5.41) is 0. The van der Waals surface area contributed by atoms with Crippen molar-refractivity contribution in [3.8, 4) is 17.2 Å². The zero-order valence-electron chi connectivity index (χ0n) is 18.1. The summed E-state index contributed by atoms with van der Waals surface area (Å²) in [5.41, 5.74) is 2.95. The van der Waals surface area contributed by atoms with Gasteiger partial charge in [-0.2, -0.15) is 0 Å². The van der Waals surface area contributed by atoms with Crippen molar-refractivity contribution in [3.63, 3.8) is 0 Å². The van der Waals surface area contributed by atoms with Crippen molar-refractivity contribution >= 4 is 21.7 Å². The number of nitrogens with zero attached hydrogens (tertiary/aromatic N) is 2. The highest BCUT2D eigenvalue weighted by molar-refractivity contribution is 9.10. The van der Waals surface area contributed by atoms with E-state index in [1.54, 1.807) is 6.92 Å². The van der Waals surface area contributed by atoms with E-state index in [-0.39, 0.29) is 11.8 Å². The lowest BCUT2D eigenvalue weighted by Gasteiger charge is -2.17. The smallest absolute Gasteiger partial charge is 0.226 e. The van der Waals surface area contributed by atoms with Crippen molar-refractivity contribution in [2.75, 3.05) is 6.61 Å². The molecule has 0 amide bonds. The second kappa shape index (κ2) is 10.0. The maximum absolute atomic E-state index is 12.2. The van der Waals surface area contributed by atoms with E-state index in [0.717, 1.165) is 32.9 Å². The summed E-state index contributed by atoms with van der Waals surface area (Å²) >= 11 is 3.51. The zero-order chi connectivity index (χ0) is 22.5. The van der Waals surface area contributed by atoms with Crippen molar-refractivity contribution < 1.29 is 13.9 Å². The van der Waals surface area contributed by atoms with Crippen LogP contribution < -0.4 is 4.74 Å². The van der Waals surface area contributed by atoms with Crippen LogP contribution in [0.4, 0.5) is 0 Å². The average molecular weight is 493 g/mol. The molecule has 32 heavy (non-hydrogen) atoms. The average Bonchev–Trinajstić information content (AvgIpc) is 3.39. The van der Waals surface area contributed by atoms with E-state index in [0.29, 0.717) is 25.3 Å². The molecule has 0 aliphatic rings. The molecule has 164 valence electrons. The van der Waals surface area contributed by atoms with Gasteiger partial charge in [-0.25, -0.2) is 4.98 Å². The van der Waals surface area contributed by atoms with Crippen molar-refractivity contribution in [1.29, 1.82) is 0 Å². The lowest BCUT2D eigenvalue weighted by molar-refractivity contribution is -0.120. The van der Waals surface area contributed by atoms with Gasteiger partial charge in [0.05, 0.1) is 22.9 Å². The van der Waals surface area contributed by atoms with Crippen LogP contribution in [-0.4, -0.2) is 21.9 Å². The van der Waals surface area contributed by atoms with Gasteiger partial charge in [0.1, 0.15) is 11.5 Å². The maximum Gasteiger partial charge on any atom is 0.226 e. The Morgan fingerprint density at radius 3 is 2.50 bits per heavy atom. The molecule has 0 spiro atoms. The van der Waals surface area contributed by atoms with Gasteiger partial charge in [-0.1, -0.05) is 30.3 Å². The van der Waals surface area contributed by atoms with E-state index in [9.17, 15) is 4.79 Å². The van der Waals surface area contributed by atoms with Crippen LogP contribution in [0.15, 0.2) is 81.9 Å². The van der Waals surface area contributed by atoms with Gasteiger partial charge >= 0.3 is 0 Å². The second-order valence-electron chi connectivity index (χ2n) is 7.70.